The Hall–Kier alpha value is -2.10. The normalized spacial score (nSPS) is 11.5. The van der Waals surface area contributed by atoms with Crippen molar-refractivity contribution in [2.75, 3.05) is 0 Å². The van der Waals surface area contributed by atoms with Gasteiger partial charge in [-0.3, -0.25) is 10.1 Å². The van der Waals surface area contributed by atoms with Crippen molar-refractivity contribution in [1.29, 1.82) is 0 Å². The fourth-order valence-corrected chi connectivity index (χ4v) is 3.12. The van der Waals surface area contributed by atoms with Crippen molar-refractivity contribution in [2.24, 2.45) is 0 Å². The van der Waals surface area contributed by atoms with E-state index in [1.54, 1.807) is 36.7 Å². The number of sulfonamides is 1. The summed E-state index contributed by atoms with van der Waals surface area (Å²) in [4.78, 5) is 8.38. The Morgan fingerprint density at radius 3 is 2.48 bits per heavy atom. The van der Waals surface area contributed by atoms with E-state index in [0.29, 0.717) is 11.6 Å². The summed E-state index contributed by atoms with van der Waals surface area (Å²) < 4.78 is 27.7. The minimum Gasteiger partial charge on any atom is -0.265 e. The maximum atomic E-state index is 12.2. The molecule has 2 heterocycles. The molecule has 0 amide bonds. The van der Waals surface area contributed by atoms with Crippen molar-refractivity contribution in [3.05, 3.63) is 59.1 Å². The van der Waals surface area contributed by atoms with E-state index in [0.717, 1.165) is 10.0 Å². The van der Waals surface area contributed by atoms with Gasteiger partial charge in [0.25, 0.3) is 0 Å². The Labute approximate surface area is 141 Å². The number of aromatic amines is 1. The second-order valence-corrected chi connectivity index (χ2v) is 7.30. The van der Waals surface area contributed by atoms with Crippen molar-refractivity contribution < 1.29 is 8.42 Å². The van der Waals surface area contributed by atoms with Crippen LogP contribution in [0.2, 0.25) is 0 Å². The van der Waals surface area contributed by atoms with E-state index < -0.39 is 10.0 Å². The molecule has 3 rings (SSSR count). The number of aromatic nitrogens is 4. The smallest absolute Gasteiger partial charge is 0.240 e. The number of benzene rings is 1. The molecule has 0 fully saturated rings. The molecule has 0 saturated heterocycles. The van der Waals surface area contributed by atoms with Crippen LogP contribution in [0.3, 0.4) is 0 Å². The van der Waals surface area contributed by atoms with E-state index in [1.165, 1.54) is 12.1 Å². The van der Waals surface area contributed by atoms with Gasteiger partial charge in [-0.05, 0) is 36.4 Å². The van der Waals surface area contributed by atoms with E-state index in [2.05, 4.69) is 40.8 Å². The third-order valence-electron chi connectivity index (χ3n) is 3.02. The average molecular weight is 394 g/mol. The quantitative estimate of drug-likeness (QED) is 0.691. The molecule has 0 aliphatic heterocycles. The molecule has 0 atom stereocenters. The minimum absolute atomic E-state index is 0.0243. The van der Waals surface area contributed by atoms with Crippen LogP contribution in [0.15, 0.2) is 58.2 Å². The van der Waals surface area contributed by atoms with Gasteiger partial charge in [0, 0.05) is 22.4 Å². The van der Waals surface area contributed by atoms with Crippen LogP contribution in [0.25, 0.3) is 11.4 Å². The van der Waals surface area contributed by atoms with Gasteiger partial charge in [-0.25, -0.2) is 18.1 Å². The van der Waals surface area contributed by atoms with Crippen LogP contribution in [0.5, 0.6) is 0 Å². The molecule has 0 saturated carbocycles. The largest absolute Gasteiger partial charge is 0.265 e. The Morgan fingerprint density at radius 2 is 1.78 bits per heavy atom. The number of pyridine rings is 1. The first-order valence-electron chi connectivity index (χ1n) is 6.61. The van der Waals surface area contributed by atoms with Crippen molar-refractivity contribution in [3.63, 3.8) is 0 Å². The maximum absolute atomic E-state index is 12.2. The summed E-state index contributed by atoms with van der Waals surface area (Å²) in [5.74, 6) is 0.919. The summed E-state index contributed by atoms with van der Waals surface area (Å²) in [5.41, 5.74) is 0.804. The third-order valence-corrected chi connectivity index (χ3v) is 4.97. The van der Waals surface area contributed by atoms with Gasteiger partial charge in [-0.2, -0.15) is 5.10 Å². The van der Waals surface area contributed by atoms with Crippen LogP contribution in [0.1, 0.15) is 5.82 Å². The highest BCUT2D eigenvalue weighted by molar-refractivity contribution is 9.10. The maximum Gasteiger partial charge on any atom is 0.240 e. The number of nitrogens with one attached hydrogen (secondary N) is 2. The second-order valence-electron chi connectivity index (χ2n) is 4.62. The molecule has 118 valence electrons. The second kappa shape index (κ2) is 6.57. The fourth-order valence-electron chi connectivity index (χ4n) is 1.86. The Balaban J connectivity index is 1.71. The molecule has 23 heavy (non-hydrogen) atoms. The molecular weight excluding hydrogens is 382 g/mol. The lowest BCUT2D eigenvalue weighted by molar-refractivity contribution is 0.579. The van der Waals surface area contributed by atoms with Crippen LogP contribution in [-0.4, -0.2) is 28.6 Å². The zero-order valence-electron chi connectivity index (χ0n) is 11.8. The number of hydrogen-bond acceptors (Lipinski definition) is 5. The van der Waals surface area contributed by atoms with Gasteiger partial charge in [0.05, 0.1) is 11.4 Å². The average Bonchev–Trinajstić information content (AvgIpc) is 3.03. The van der Waals surface area contributed by atoms with Gasteiger partial charge in [0.2, 0.25) is 10.0 Å². The first-order valence-corrected chi connectivity index (χ1v) is 8.89. The van der Waals surface area contributed by atoms with Gasteiger partial charge in [0.1, 0.15) is 5.82 Å². The Kier molecular flexibility index (Phi) is 4.51. The standard InChI is InChI=1S/C14H12BrN5O2S/c15-11-1-3-12(4-2-11)23(21,22)17-9-13-18-14(20-19-13)10-5-7-16-8-6-10/h1-8,17H,9H2,(H,18,19,20). The van der Waals surface area contributed by atoms with Gasteiger partial charge in [-0.15, -0.1) is 0 Å². The van der Waals surface area contributed by atoms with E-state index >= 15 is 0 Å². The molecule has 0 bridgehead atoms. The van der Waals surface area contributed by atoms with Crippen LogP contribution in [0, 0.1) is 0 Å². The molecule has 7 nitrogen and oxygen atoms in total. The van der Waals surface area contributed by atoms with Crippen molar-refractivity contribution in [3.8, 4) is 11.4 Å². The highest BCUT2D eigenvalue weighted by atomic mass is 79.9. The summed E-state index contributed by atoms with van der Waals surface area (Å²) in [6, 6.07) is 9.94. The number of hydrogen-bond donors (Lipinski definition) is 2. The van der Waals surface area contributed by atoms with Crippen LogP contribution >= 0.6 is 15.9 Å². The van der Waals surface area contributed by atoms with Crippen molar-refractivity contribution in [2.45, 2.75) is 11.4 Å². The lowest BCUT2D eigenvalue weighted by Crippen LogP contribution is -2.23. The molecule has 3 aromatic rings. The molecular formula is C14H12BrN5O2S. The first-order chi connectivity index (χ1) is 11.0. The molecule has 9 heteroatoms. The monoisotopic (exact) mass is 393 g/mol. The lowest BCUT2D eigenvalue weighted by atomic mass is 10.2. The van der Waals surface area contributed by atoms with Gasteiger partial charge >= 0.3 is 0 Å². The van der Waals surface area contributed by atoms with Gasteiger partial charge in [0.15, 0.2) is 5.82 Å². The molecule has 0 aliphatic carbocycles. The highest BCUT2D eigenvalue weighted by Crippen LogP contribution is 2.15. The van der Waals surface area contributed by atoms with Crippen LogP contribution < -0.4 is 4.72 Å². The van der Waals surface area contributed by atoms with E-state index in [9.17, 15) is 8.42 Å². The zero-order valence-corrected chi connectivity index (χ0v) is 14.2. The molecule has 1 aromatic carbocycles. The first kappa shape index (κ1) is 15.8. The van der Waals surface area contributed by atoms with Crippen LogP contribution in [-0.2, 0) is 16.6 Å². The van der Waals surface area contributed by atoms with Gasteiger partial charge < -0.3 is 0 Å². The van der Waals surface area contributed by atoms with E-state index in [4.69, 9.17) is 0 Å². The number of rotatable bonds is 5. The number of H-pyrrole nitrogens is 1. The minimum atomic E-state index is -3.60. The molecule has 2 N–H and O–H groups in total. The Morgan fingerprint density at radius 1 is 1.09 bits per heavy atom. The van der Waals surface area contributed by atoms with E-state index in [-0.39, 0.29) is 11.4 Å². The highest BCUT2D eigenvalue weighted by Gasteiger charge is 2.15. The molecule has 0 unspecified atom stereocenters. The predicted molar refractivity (Wildman–Crippen MR) is 87.8 cm³/mol. The van der Waals surface area contributed by atoms with Crippen molar-refractivity contribution >= 4 is 26.0 Å². The number of halogens is 1. The predicted octanol–water partition coefficient (Wildman–Crippen LogP) is 2.11. The van der Waals surface area contributed by atoms with E-state index in [1.807, 2.05) is 0 Å². The third kappa shape index (κ3) is 3.81. The zero-order chi connectivity index (χ0) is 16.3. The Bertz CT molecular complexity index is 894. The van der Waals surface area contributed by atoms with Crippen LogP contribution in [0.4, 0.5) is 0 Å². The lowest BCUT2D eigenvalue weighted by Gasteiger charge is -2.05. The SMILES string of the molecule is O=S(=O)(NCc1nc(-c2ccncc2)n[nH]1)c1ccc(Br)cc1. The molecule has 0 spiro atoms. The summed E-state index contributed by atoms with van der Waals surface area (Å²) in [6.07, 6.45) is 3.28. The summed E-state index contributed by atoms with van der Waals surface area (Å²) in [7, 11) is -3.60. The topological polar surface area (TPSA) is 101 Å². The molecule has 0 aliphatic rings. The summed E-state index contributed by atoms with van der Waals surface area (Å²) in [6.45, 7) is 0.0243. The summed E-state index contributed by atoms with van der Waals surface area (Å²) >= 11 is 3.27. The van der Waals surface area contributed by atoms with Crippen molar-refractivity contribution in [1.82, 2.24) is 24.9 Å². The molecule has 0 radical (unpaired) electrons. The number of nitrogens with zero attached hydrogens (tertiary/aromatic N) is 3. The summed E-state index contributed by atoms with van der Waals surface area (Å²) in [5, 5.41) is 6.79. The molecule has 2 aromatic heterocycles. The van der Waals surface area contributed by atoms with Gasteiger partial charge in [-0.1, -0.05) is 15.9 Å². The fraction of sp³-hybridized carbons (Fsp3) is 0.0714.